The van der Waals surface area contributed by atoms with Crippen molar-refractivity contribution in [2.75, 3.05) is 39.4 Å². The summed E-state index contributed by atoms with van der Waals surface area (Å²) in [4.78, 5) is 61.1. The minimum Gasteiger partial charge on any atom is -0.493 e. The van der Waals surface area contributed by atoms with Crippen LogP contribution in [0.5, 0.6) is 11.5 Å². The Balaban J connectivity index is 1.30. The van der Waals surface area contributed by atoms with E-state index in [-0.39, 0.29) is 43.8 Å². The number of amides is 4. The van der Waals surface area contributed by atoms with Crippen LogP contribution in [0.2, 0.25) is 0 Å². The highest BCUT2D eigenvalue weighted by Crippen LogP contribution is 2.26. The Kier molecular flexibility index (Phi) is 9.88. The van der Waals surface area contributed by atoms with Crippen LogP contribution in [0.3, 0.4) is 0 Å². The molecule has 12 nitrogen and oxygen atoms in total. The van der Waals surface area contributed by atoms with Crippen molar-refractivity contribution >= 4 is 23.6 Å². The molecule has 0 spiro atoms. The first-order valence-electron chi connectivity index (χ1n) is 14.6. The molecule has 12 heteroatoms. The van der Waals surface area contributed by atoms with E-state index < -0.39 is 11.9 Å². The molecule has 0 radical (unpaired) electrons. The monoisotopic (exact) mass is 588 g/mol. The molecule has 1 atom stereocenters. The maximum atomic E-state index is 13.5. The fraction of sp³-hybridized carbons (Fsp3) is 0.387. The number of aryl methyl sites for hydroxylation is 1. The average molecular weight is 589 g/mol. The number of rotatable bonds is 3. The number of nitrogens with one attached hydrogen (secondary N) is 4. The van der Waals surface area contributed by atoms with Crippen molar-refractivity contribution in [3.8, 4) is 11.5 Å². The van der Waals surface area contributed by atoms with Gasteiger partial charge in [0.15, 0.2) is 0 Å². The fourth-order valence-electron chi connectivity index (χ4n) is 5.07. The fourth-order valence-corrected chi connectivity index (χ4v) is 5.07. The highest BCUT2D eigenvalue weighted by atomic mass is 16.5. The second-order valence-corrected chi connectivity index (χ2v) is 10.5. The van der Waals surface area contributed by atoms with Gasteiger partial charge in [-0.2, -0.15) is 0 Å². The normalized spacial score (nSPS) is 18.7. The Morgan fingerprint density at radius 1 is 0.977 bits per heavy atom. The second-order valence-electron chi connectivity index (χ2n) is 10.5. The Bertz CT molecular complexity index is 1440. The molecule has 1 aromatic heterocycles. The molecule has 2 aromatic carbocycles. The van der Waals surface area contributed by atoms with Gasteiger partial charge in [-0.15, -0.1) is 0 Å². The molecule has 3 heterocycles. The number of benzene rings is 2. The first kappa shape index (κ1) is 29.6. The number of carbonyl (C=O) groups excluding carboxylic acids is 4. The van der Waals surface area contributed by atoms with E-state index in [0.717, 1.165) is 24.2 Å². The van der Waals surface area contributed by atoms with Crippen molar-refractivity contribution in [1.82, 2.24) is 30.8 Å². The van der Waals surface area contributed by atoms with Gasteiger partial charge < -0.3 is 35.3 Å². The van der Waals surface area contributed by atoms with Crippen LogP contribution < -0.4 is 25.4 Å². The molecular formula is C31H36N6O6. The van der Waals surface area contributed by atoms with Gasteiger partial charge in [0.25, 0.3) is 11.8 Å². The Labute approximate surface area is 249 Å². The molecule has 4 amide bonds. The third kappa shape index (κ3) is 8.12. The Morgan fingerprint density at radius 2 is 1.88 bits per heavy atom. The first-order valence-corrected chi connectivity index (χ1v) is 14.6. The summed E-state index contributed by atoms with van der Waals surface area (Å²) in [7, 11) is 0. The van der Waals surface area contributed by atoms with E-state index in [0.29, 0.717) is 55.1 Å². The van der Waals surface area contributed by atoms with Gasteiger partial charge in [0.1, 0.15) is 24.1 Å². The largest absolute Gasteiger partial charge is 0.493 e. The minimum atomic E-state index is -0.840. The molecule has 0 saturated carbocycles. The summed E-state index contributed by atoms with van der Waals surface area (Å²) in [6.45, 7) is 1.60. The molecule has 0 fully saturated rings. The van der Waals surface area contributed by atoms with Gasteiger partial charge in [0, 0.05) is 42.5 Å². The molecule has 43 heavy (non-hydrogen) atoms. The van der Waals surface area contributed by atoms with Gasteiger partial charge in [-0.1, -0.05) is 6.07 Å². The smallest absolute Gasteiger partial charge is 0.254 e. The van der Waals surface area contributed by atoms with Crippen molar-refractivity contribution in [1.29, 1.82) is 0 Å². The van der Waals surface area contributed by atoms with Crippen LogP contribution in [0, 0.1) is 0 Å². The average Bonchev–Trinajstić information content (AvgIpc) is 3.54. The van der Waals surface area contributed by atoms with E-state index in [2.05, 4.69) is 25.9 Å². The van der Waals surface area contributed by atoms with Crippen molar-refractivity contribution in [3.05, 3.63) is 77.4 Å². The molecular weight excluding hydrogens is 552 g/mol. The molecule has 2 bridgehead atoms. The molecule has 226 valence electrons. The molecule has 3 aromatic rings. The van der Waals surface area contributed by atoms with Crippen LogP contribution in [0.1, 0.15) is 51.2 Å². The Hall–Kier alpha value is -4.87. The van der Waals surface area contributed by atoms with Crippen LogP contribution in [-0.4, -0.2) is 83.9 Å². The van der Waals surface area contributed by atoms with Gasteiger partial charge in [-0.05, 0) is 67.6 Å². The highest BCUT2D eigenvalue weighted by molar-refractivity contribution is 5.98. The summed E-state index contributed by atoms with van der Waals surface area (Å²) in [5, 5.41) is 8.53. The van der Waals surface area contributed by atoms with Crippen molar-refractivity contribution < 1.29 is 28.7 Å². The lowest BCUT2D eigenvalue weighted by Gasteiger charge is -2.24. The standard InChI is InChI=1S/C31H36N6O6/c38-28-19-37(31(41)23-8-9-27-21(15-23)6-4-13-43-27)12-2-1-10-34-30(40)26(17-24-18-32-20-35-24)36-29(39)22-5-3-7-25(16-22)42-14-11-33-28/h3,5,7-9,15-16,18,20,26H,1-2,4,6,10-14,17,19H2,(H,32,35)(H,33,38)(H,34,40)(H,36,39)/t26-/m0/s1. The summed E-state index contributed by atoms with van der Waals surface area (Å²) >= 11 is 0. The van der Waals surface area contributed by atoms with Crippen molar-refractivity contribution in [2.24, 2.45) is 0 Å². The molecule has 2 aliphatic heterocycles. The van der Waals surface area contributed by atoms with Crippen LogP contribution in [0.15, 0.2) is 55.0 Å². The van der Waals surface area contributed by atoms with E-state index in [1.54, 1.807) is 36.5 Å². The lowest BCUT2D eigenvalue weighted by molar-refractivity contribution is -0.123. The quantitative estimate of drug-likeness (QED) is 0.363. The second kappa shape index (κ2) is 14.3. The van der Waals surface area contributed by atoms with E-state index >= 15 is 0 Å². The number of hydrogen-bond acceptors (Lipinski definition) is 7. The number of hydrogen-bond donors (Lipinski definition) is 4. The summed E-state index contributed by atoms with van der Waals surface area (Å²) in [6, 6.07) is 11.2. The zero-order chi connectivity index (χ0) is 30.0. The van der Waals surface area contributed by atoms with Crippen LogP contribution in [0.4, 0.5) is 0 Å². The van der Waals surface area contributed by atoms with E-state index in [4.69, 9.17) is 9.47 Å². The maximum Gasteiger partial charge on any atom is 0.254 e. The van der Waals surface area contributed by atoms with E-state index in [9.17, 15) is 19.2 Å². The Morgan fingerprint density at radius 3 is 2.74 bits per heavy atom. The van der Waals surface area contributed by atoms with E-state index in [1.165, 1.54) is 11.2 Å². The SMILES string of the molecule is O=C1CN(C(=O)c2ccc3c(c2)CCCO3)CCCCNC(=O)[C@H](Cc2cnc[nH]2)NC(=O)c2cccc(c2)OCCN1. The number of carbonyl (C=O) groups is 4. The molecule has 2 aliphatic rings. The van der Waals surface area contributed by atoms with Gasteiger partial charge in [0.05, 0.1) is 26.0 Å². The minimum absolute atomic E-state index is 0.112. The van der Waals surface area contributed by atoms with Gasteiger partial charge in [-0.3, -0.25) is 19.2 Å². The van der Waals surface area contributed by atoms with Crippen LogP contribution in [0.25, 0.3) is 0 Å². The zero-order valence-corrected chi connectivity index (χ0v) is 23.9. The number of fused-ring (bicyclic) bond motifs is 3. The number of ether oxygens (including phenoxy) is 2. The maximum absolute atomic E-state index is 13.5. The number of nitrogens with zero attached hydrogens (tertiary/aromatic N) is 2. The van der Waals surface area contributed by atoms with Crippen LogP contribution >= 0.6 is 0 Å². The van der Waals surface area contributed by atoms with Gasteiger partial charge >= 0.3 is 0 Å². The zero-order valence-electron chi connectivity index (χ0n) is 23.9. The van der Waals surface area contributed by atoms with Gasteiger partial charge in [0.2, 0.25) is 11.8 Å². The molecule has 4 N–H and O–H groups in total. The lowest BCUT2D eigenvalue weighted by Crippen LogP contribution is -2.48. The molecule has 5 rings (SSSR count). The third-order valence-corrected chi connectivity index (χ3v) is 7.32. The predicted molar refractivity (Wildman–Crippen MR) is 157 cm³/mol. The topological polar surface area (TPSA) is 155 Å². The summed E-state index contributed by atoms with van der Waals surface area (Å²) in [6.07, 6.45) is 6.21. The molecule has 0 unspecified atom stereocenters. The third-order valence-electron chi connectivity index (χ3n) is 7.32. The number of H-pyrrole nitrogens is 1. The number of aromatic nitrogens is 2. The highest BCUT2D eigenvalue weighted by Gasteiger charge is 2.24. The number of imidazole rings is 1. The summed E-state index contributed by atoms with van der Waals surface area (Å²) in [5.74, 6) is -0.0638. The van der Waals surface area contributed by atoms with Crippen molar-refractivity contribution in [3.63, 3.8) is 0 Å². The molecule has 0 saturated heterocycles. The molecule has 0 aliphatic carbocycles. The summed E-state index contributed by atoms with van der Waals surface area (Å²) in [5.41, 5.74) is 2.53. The van der Waals surface area contributed by atoms with Crippen LogP contribution in [-0.2, 0) is 22.4 Å². The lowest BCUT2D eigenvalue weighted by atomic mass is 10.0. The van der Waals surface area contributed by atoms with E-state index in [1.807, 2.05) is 12.1 Å². The first-order chi connectivity index (χ1) is 21.0. The number of aromatic amines is 1. The van der Waals surface area contributed by atoms with Crippen molar-refractivity contribution in [2.45, 2.75) is 38.1 Å². The summed E-state index contributed by atoms with van der Waals surface area (Å²) < 4.78 is 11.4. The van der Waals surface area contributed by atoms with Gasteiger partial charge in [-0.25, -0.2) is 4.98 Å². The predicted octanol–water partition coefficient (Wildman–Crippen LogP) is 1.62.